The molecule has 0 radical (unpaired) electrons. The highest BCUT2D eigenvalue weighted by Crippen LogP contribution is 2.11. The second-order valence-corrected chi connectivity index (χ2v) is 2.88. The number of nitrogens with two attached hydrogens (primary N) is 1. The minimum absolute atomic E-state index is 0.471. The highest BCUT2D eigenvalue weighted by Gasteiger charge is 2.03. The van der Waals surface area contributed by atoms with Crippen molar-refractivity contribution in [3.63, 3.8) is 0 Å². The molecule has 0 rings (SSSR count). The highest BCUT2D eigenvalue weighted by molar-refractivity contribution is 5.79. The van der Waals surface area contributed by atoms with Crippen LogP contribution in [0.1, 0.15) is 27.2 Å². The van der Waals surface area contributed by atoms with Crippen molar-refractivity contribution in [2.24, 2.45) is 16.6 Å². The van der Waals surface area contributed by atoms with Crippen molar-refractivity contribution >= 4 is 6.21 Å². The summed E-state index contributed by atoms with van der Waals surface area (Å²) in [5.41, 5.74) is 7.90. The van der Waals surface area contributed by atoms with Crippen LogP contribution in [-0.4, -0.2) is 13.3 Å². The Balaban J connectivity index is 4.57. The van der Waals surface area contributed by atoms with Crippen LogP contribution >= 0.6 is 0 Å². The predicted octanol–water partition coefficient (Wildman–Crippen LogP) is 1.97. The molecule has 0 aliphatic rings. The third-order valence-electron chi connectivity index (χ3n) is 1.64. The van der Waals surface area contributed by atoms with E-state index in [1.807, 2.05) is 6.21 Å². The third-order valence-corrected chi connectivity index (χ3v) is 1.64. The maximum Gasteiger partial charge on any atom is 0.0277 e. The SMILES string of the molecule is CC/C(N)=C(/C=N\C)C(C)C. The Hall–Kier alpha value is -0.790. The molecule has 0 fully saturated rings. The van der Waals surface area contributed by atoms with Crippen molar-refractivity contribution in [1.29, 1.82) is 0 Å². The molecule has 0 aromatic heterocycles. The summed E-state index contributed by atoms with van der Waals surface area (Å²) in [5, 5.41) is 0. The van der Waals surface area contributed by atoms with Crippen LogP contribution in [0, 0.1) is 5.92 Å². The van der Waals surface area contributed by atoms with Crippen LogP contribution in [0.25, 0.3) is 0 Å². The fraction of sp³-hybridized carbons (Fsp3) is 0.667. The summed E-state index contributed by atoms with van der Waals surface area (Å²) in [7, 11) is 1.77. The summed E-state index contributed by atoms with van der Waals surface area (Å²) in [6.45, 7) is 6.31. The lowest BCUT2D eigenvalue weighted by Gasteiger charge is -2.08. The summed E-state index contributed by atoms with van der Waals surface area (Å²) in [4.78, 5) is 3.96. The largest absolute Gasteiger partial charge is 0.402 e. The highest BCUT2D eigenvalue weighted by atomic mass is 14.7. The van der Waals surface area contributed by atoms with E-state index in [4.69, 9.17) is 5.73 Å². The first-order valence-electron chi connectivity index (χ1n) is 4.04. The van der Waals surface area contributed by atoms with Crippen LogP contribution in [0.15, 0.2) is 16.3 Å². The number of hydrogen-bond donors (Lipinski definition) is 1. The third kappa shape index (κ3) is 3.21. The topological polar surface area (TPSA) is 38.4 Å². The second kappa shape index (κ2) is 4.94. The van der Waals surface area contributed by atoms with Gasteiger partial charge in [-0.1, -0.05) is 20.8 Å². The van der Waals surface area contributed by atoms with E-state index in [9.17, 15) is 0 Å². The van der Waals surface area contributed by atoms with Gasteiger partial charge in [-0.25, -0.2) is 0 Å². The Labute approximate surface area is 69.2 Å². The predicted molar refractivity (Wildman–Crippen MR) is 50.8 cm³/mol. The lowest BCUT2D eigenvalue weighted by molar-refractivity contribution is 0.783. The Morgan fingerprint density at radius 2 is 2.09 bits per heavy atom. The minimum Gasteiger partial charge on any atom is -0.402 e. The smallest absolute Gasteiger partial charge is 0.0277 e. The Morgan fingerprint density at radius 1 is 1.55 bits per heavy atom. The lowest BCUT2D eigenvalue weighted by atomic mass is 10.0. The summed E-state index contributed by atoms with van der Waals surface area (Å²) < 4.78 is 0. The van der Waals surface area contributed by atoms with Crippen LogP contribution in [0.2, 0.25) is 0 Å². The molecule has 0 saturated carbocycles. The molecule has 2 nitrogen and oxygen atoms in total. The monoisotopic (exact) mass is 154 g/mol. The van der Waals surface area contributed by atoms with Gasteiger partial charge in [0.25, 0.3) is 0 Å². The van der Waals surface area contributed by atoms with Crippen LogP contribution < -0.4 is 5.73 Å². The molecule has 0 heterocycles. The number of allylic oxidation sites excluding steroid dienone is 2. The molecule has 0 aromatic rings. The molecule has 0 amide bonds. The van der Waals surface area contributed by atoms with Crippen LogP contribution in [0.5, 0.6) is 0 Å². The zero-order valence-corrected chi connectivity index (χ0v) is 7.89. The van der Waals surface area contributed by atoms with Gasteiger partial charge in [0.2, 0.25) is 0 Å². The minimum atomic E-state index is 0.471. The summed E-state index contributed by atoms with van der Waals surface area (Å²) in [6, 6.07) is 0. The molecule has 11 heavy (non-hydrogen) atoms. The summed E-state index contributed by atoms with van der Waals surface area (Å²) in [5.74, 6) is 0.471. The van der Waals surface area contributed by atoms with E-state index in [1.165, 1.54) is 0 Å². The Morgan fingerprint density at radius 3 is 2.36 bits per heavy atom. The van der Waals surface area contributed by atoms with Gasteiger partial charge in [-0.15, -0.1) is 0 Å². The van der Waals surface area contributed by atoms with Gasteiger partial charge in [0.1, 0.15) is 0 Å². The fourth-order valence-electron chi connectivity index (χ4n) is 0.946. The number of nitrogens with zero attached hydrogens (tertiary/aromatic N) is 1. The van der Waals surface area contributed by atoms with Crippen molar-refractivity contribution in [2.45, 2.75) is 27.2 Å². The standard InChI is InChI=1S/C9H18N2/c1-5-9(10)8(6-11-4)7(2)3/h6-7H,5,10H2,1-4H3/b9-8+,11-6-. The number of rotatable bonds is 3. The average Bonchev–Trinajstić information content (AvgIpc) is 1.98. The van der Waals surface area contributed by atoms with Gasteiger partial charge in [-0.05, 0) is 17.9 Å². The van der Waals surface area contributed by atoms with Gasteiger partial charge >= 0.3 is 0 Å². The molecule has 2 N–H and O–H groups in total. The first-order chi connectivity index (χ1) is 5.13. The fourth-order valence-corrected chi connectivity index (χ4v) is 0.946. The van der Waals surface area contributed by atoms with Gasteiger partial charge in [0.05, 0.1) is 0 Å². The van der Waals surface area contributed by atoms with Crippen molar-refractivity contribution in [2.75, 3.05) is 7.05 Å². The molecule has 0 aliphatic heterocycles. The maximum atomic E-state index is 5.79. The van der Waals surface area contributed by atoms with Crippen molar-refractivity contribution in [1.82, 2.24) is 0 Å². The van der Waals surface area contributed by atoms with Gasteiger partial charge in [0.15, 0.2) is 0 Å². The molecule has 0 aliphatic carbocycles. The number of hydrogen-bond acceptors (Lipinski definition) is 2. The van der Waals surface area contributed by atoms with Crippen LogP contribution in [0.3, 0.4) is 0 Å². The van der Waals surface area contributed by atoms with Gasteiger partial charge < -0.3 is 5.73 Å². The van der Waals surface area contributed by atoms with E-state index in [0.29, 0.717) is 5.92 Å². The van der Waals surface area contributed by atoms with Gasteiger partial charge in [0, 0.05) is 19.0 Å². The molecule has 0 atom stereocenters. The van der Waals surface area contributed by atoms with E-state index in [-0.39, 0.29) is 0 Å². The van der Waals surface area contributed by atoms with Crippen molar-refractivity contribution < 1.29 is 0 Å². The van der Waals surface area contributed by atoms with E-state index >= 15 is 0 Å². The molecule has 0 unspecified atom stereocenters. The van der Waals surface area contributed by atoms with Crippen molar-refractivity contribution in [3.05, 3.63) is 11.3 Å². The zero-order chi connectivity index (χ0) is 8.85. The van der Waals surface area contributed by atoms with Crippen molar-refractivity contribution in [3.8, 4) is 0 Å². The molecule has 0 spiro atoms. The number of aliphatic imine (C=N–C) groups is 1. The molecule has 0 aromatic carbocycles. The molecule has 2 heteroatoms. The zero-order valence-electron chi connectivity index (χ0n) is 7.89. The maximum absolute atomic E-state index is 5.79. The van der Waals surface area contributed by atoms with Crippen LogP contribution in [-0.2, 0) is 0 Å². The van der Waals surface area contributed by atoms with Gasteiger partial charge in [-0.3, -0.25) is 4.99 Å². The Bertz CT molecular complexity index is 166. The molecular formula is C9H18N2. The normalized spacial score (nSPS) is 14.3. The first kappa shape index (κ1) is 10.2. The van der Waals surface area contributed by atoms with E-state index in [1.54, 1.807) is 7.05 Å². The average molecular weight is 154 g/mol. The van der Waals surface area contributed by atoms with E-state index < -0.39 is 0 Å². The second-order valence-electron chi connectivity index (χ2n) is 2.88. The molecular weight excluding hydrogens is 136 g/mol. The molecule has 0 bridgehead atoms. The summed E-state index contributed by atoms with van der Waals surface area (Å²) in [6.07, 6.45) is 2.75. The van der Waals surface area contributed by atoms with E-state index in [2.05, 4.69) is 25.8 Å². The Kier molecular flexibility index (Phi) is 4.59. The van der Waals surface area contributed by atoms with Crippen LogP contribution in [0.4, 0.5) is 0 Å². The molecule has 0 saturated heterocycles. The summed E-state index contributed by atoms with van der Waals surface area (Å²) >= 11 is 0. The molecule has 64 valence electrons. The lowest BCUT2D eigenvalue weighted by Crippen LogP contribution is -2.07. The van der Waals surface area contributed by atoms with Gasteiger partial charge in [-0.2, -0.15) is 0 Å². The first-order valence-corrected chi connectivity index (χ1v) is 4.04. The van der Waals surface area contributed by atoms with E-state index in [0.717, 1.165) is 17.7 Å². The quantitative estimate of drug-likeness (QED) is 0.620.